The highest BCUT2D eigenvalue weighted by molar-refractivity contribution is 7.89. The van der Waals surface area contributed by atoms with E-state index in [-0.39, 0.29) is 16.5 Å². The second kappa shape index (κ2) is 9.56. The van der Waals surface area contributed by atoms with Gasteiger partial charge in [0.1, 0.15) is 0 Å². The lowest BCUT2D eigenvalue weighted by Crippen LogP contribution is -2.62. The third-order valence-electron chi connectivity index (χ3n) is 7.27. The molecule has 2 aliphatic rings. The minimum atomic E-state index is -3.58. The van der Waals surface area contributed by atoms with Gasteiger partial charge in [0.15, 0.2) is 5.03 Å². The molecule has 0 radical (unpaired) electrons. The number of aromatic nitrogens is 2. The average Bonchev–Trinajstić information content (AvgIpc) is 3.25. The van der Waals surface area contributed by atoms with Crippen LogP contribution in [0.4, 0.5) is 0 Å². The third-order valence-corrected chi connectivity index (χ3v) is 9.05. The largest absolute Gasteiger partial charge is 0.350 e. The van der Waals surface area contributed by atoms with Gasteiger partial charge in [-0.2, -0.15) is 4.31 Å². The number of piperazine rings is 1. The Hall–Kier alpha value is -2.23. The summed E-state index contributed by atoms with van der Waals surface area (Å²) in [4.78, 5) is 19.5. The number of rotatable bonds is 6. The zero-order valence-electron chi connectivity index (χ0n) is 19.9. The Morgan fingerprint density at radius 2 is 1.70 bits per heavy atom. The van der Waals surface area contributed by atoms with Gasteiger partial charge < -0.3 is 9.88 Å². The van der Waals surface area contributed by atoms with Gasteiger partial charge in [0, 0.05) is 57.1 Å². The van der Waals surface area contributed by atoms with Gasteiger partial charge in [-0.3, -0.25) is 9.69 Å². The molecule has 1 saturated carbocycles. The van der Waals surface area contributed by atoms with Crippen LogP contribution in [-0.2, 0) is 17.1 Å². The molecule has 9 heteroatoms. The third kappa shape index (κ3) is 4.85. The second-order valence-electron chi connectivity index (χ2n) is 9.50. The van der Waals surface area contributed by atoms with E-state index in [0.29, 0.717) is 32.7 Å². The van der Waals surface area contributed by atoms with E-state index in [4.69, 9.17) is 0 Å². The average molecular weight is 474 g/mol. The number of hydrogen-bond acceptors (Lipinski definition) is 5. The molecule has 33 heavy (non-hydrogen) atoms. The number of aryl methyl sites for hydroxylation is 3. The van der Waals surface area contributed by atoms with Crippen LogP contribution in [0.25, 0.3) is 0 Å². The highest BCUT2D eigenvalue weighted by Gasteiger charge is 2.41. The van der Waals surface area contributed by atoms with Gasteiger partial charge >= 0.3 is 0 Å². The molecule has 0 unspecified atom stereocenters. The number of sulfonamides is 1. The molecule has 180 valence electrons. The lowest BCUT2D eigenvalue weighted by Gasteiger charge is -2.49. The molecule has 8 nitrogen and oxygen atoms in total. The molecular formula is C24H35N5O3S. The summed E-state index contributed by atoms with van der Waals surface area (Å²) in [6.07, 6.45) is 8.57. The molecule has 1 aliphatic carbocycles. The van der Waals surface area contributed by atoms with Crippen LogP contribution in [0.15, 0.2) is 35.7 Å². The molecule has 2 aromatic rings. The molecule has 0 bridgehead atoms. The van der Waals surface area contributed by atoms with Crippen LogP contribution in [0.5, 0.6) is 0 Å². The van der Waals surface area contributed by atoms with Gasteiger partial charge in [0.25, 0.3) is 15.9 Å². The van der Waals surface area contributed by atoms with Crippen molar-refractivity contribution in [3.05, 3.63) is 47.4 Å². The Bertz CT molecular complexity index is 1080. The molecule has 1 aliphatic heterocycles. The SMILES string of the molecule is Cc1cccc(C)c1C(=O)NCC1(N2CCN(S(=O)(=O)c3cn(C)cn3)CC2)CCCCC1. The first kappa shape index (κ1) is 23.9. The van der Waals surface area contributed by atoms with Crippen molar-refractivity contribution < 1.29 is 13.2 Å². The Labute approximate surface area is 197 Å². The number of imidazole rings is 1. The Balaban J connectivity index is 1.45. The predicted molar refractivity (Wildman–Crippen MR) is 128 cm³/mol. The lowest BCUT2D eigenvalue weighted by molar-refractivity contribution is 0.0239. The van der Waals surface area contributed by atoms with Crippen molar-refractivity contribution in [1.29, 1.82) is 0 Å². The predicted octanol–water partition coefficient (Wildman–Crippen LogP) is 2.48. The summed E-state index contributed by atoms with van der Waals surface area (Å²) in [5, 5.41) is 3.34. The maximum Gasteiger partial charge on any atom is 0.262 e. The fourth-order valence-electron chi connectivity index (χ4n) is 5.38. The first-order chi connectivity index (χ1) is 15.7. The quantitative estimate of drug-likeness (QED) is 0.697. The van der Waals surface area contributed by atoms with Crippen molar-refractivity contribution in [2.75, 3.05) is 32.7 Å². The van der Waals surface area contributed by atoms with E-state index in [2.05, 4.69) is 15.2 Å². The minimum Gasteiger partial charge on any atom is -0.350 e. The molecule has 1 saturated heterocycles. The first-order valence-corrected chi connectivity index (χ1v) is 13.2. The number of nitrogens with zero attached hydrogens (tertiary/aromatic N) is 4. The number of amides is 1. The molecule has 0 spiro atoms. The summed E-state index contributed by atoms with van der Waals surface area (Å²) in [6, 6.07) is 5.92. The van der Waals surface area contributed by atoms with Crippen molar-refractivity contribution in [3.63, 3.8) is 0 Å². The molecule has 1 amide bonds. The summed E-state index contributed by atoms with van der Waals surface area (Å²) >= 11 is 0. The number of carbonyl (C=O) groups is 1. The number of nitrogens with one attached hydrogen (secondary N) is 1. The van der Waals surface area contributed by atoms with E-state index in [0.717, 1.165) is 42.4 Å². The fourth-order valence-corrected chi connectivity index (χ4v) is 6.77. The van der Waals surface area contributed by atoms with Crippen molar-refractivity contribution in [2.24, 2.45) is 7.05 Å². The number of benzene rings is 1. The van der Waals surface area contributed by atoms with E-state index in [9.17, 15) is 13.2 Å². The molecule has 1 aromatic heterocycles. The monoisotopic (exact) mass is 473 g/mol. The maximum absolute atomic E-state index is 13.1. The van der Waals surface area contributed by atoms with E-state index < -0.39 is 10.0 Å². The second-order valence-corrected chi connectivity index (χ2v) is 11.4. The normalized spacial score (nSPS) is 20.0. The molecule has 2 fully saturated rings. The van der Waals surface area contributed by atoms with Gasteiger partial charge in [-0.1, -0.05) is 37.5 Å². The Morgan fingerprint density at radius 3 is 2.27 bits per heavy atom. The zero-order valence-corrected chi connectivity index (χ0v) is 20.7. The molecule has 0 atom stereocenters. The van der Waals surface area contributed by atoms with Gasteiger partial charge in [-0.15, -0.1) is 0 Å². The summed E-state index contributed by atoms with van der Waals surface area (Å²) < 4.78 is 29.1. The Morgan fingerprint density at radius 1 is 1.06 bits per heavy atom. The number of hydrogen-bond donors (Lipinski definition) is 1. The van der Waals surface area contributed by atoms with Gasteiger partial charge in [0.2, 0.25) is 0 Å². The summed E-state index contributed by atoms with van der Waals surface area (Å²) in [5.41, 5.74) is 2.61. The van der Waals surface area contributed by atoms with E-state index >= 15 is 0 Å². The summed E-state index contributed by atoms with van der Waals surface area (Å²) in [7, 11) is -1.81. The van der Waals surface area contributed by atoms with E-state index in [1.807, 2.05) is 32.0 Å². The van der Waals surface area contributed by atoms with Crippen LogP contribution < -0.4 is 5.32 Å². The number of carbonyl (C=O) groups excluding carboxylic acids is 1. The van der Waals surface area contributed by atoms with Gasteiger partial charge in [0.05, 0.1) is 6.33 Å². The lowest BCUT2D eigenvalue weighted by atomic mass is 9.79. The van der Waals surface area contributed by atoms with E-state index in [1.165, 1.54) is 17.1 Å². The van der Waals surface area contributed by atoms with Crippen molar-refractivity contribution in [2.45, 2.75) is 56.5 Å². The van der Waals surface area contributed by atoms with Crippen LogP contribution in [0.1, 0.15) is 53.6 Å². The van der Waals surface area contributed by atoms with Crippen LogP contribution in [0, 0.1) is 13.8 Å². The molecule has 1 N–H and O–H groups in total. The van der Waals surface area contributed by atoms with Crippen LogP contribution in [0.3, 0.4) is 0 Å². The van der Waals surface area contributed by atoms with Crippen molar-refractivity contribution >= 4 is 15.9 Å². The highest BCUT2D eigenvalue weighted by atomic mass is 32.2. The molecule has 4 rings (SSSR count). The molecular weight excluding hydrogens is 438 g/mol. The van der Waals surface area contributed by atoms with Crippen molar-refractivity contribution in [3.8, 4) is 0 Å². The van der Waals surface area contributed by atoms with E-state index in [1.54, 1.807) is 17.8 Å². The Kier molecular flexibility index (Phi) is 6.93. The van der Waals surface area contributed by atoms with Gasteiger partial charge in [-0.25, -0.2) is 13.4 Å². The summed E-state index contributed by atoms with van der Waals surface area (Å²) in [6.45, 7) is 6.72. The molecule has 2 heterocycles. The van der Waals surface area contributed by atoms with Crippen molar-refractivity contribution in [1.82, 2.24) is 24.1 Å². The van der Waals surface area contributed by atoms with Crippen LogP contribution >= 0.6 is 0 Å². The zero-order chi connectivity index (χ0) is 23.6. The maximum atomic E-state index is 13.1. The molecule has 1 aromatic carbocycles. The van der Waals surface area contributed by atoms with Crippen LogP contribution in [-0.4, -0.2) is 71.3 Å². The van der Waals surface area contributed by atoms with Crippen LogP contribution in [0.2, 0.25) is 0 Å². The first-order valence-electron chi connectivity index (χ1n) is 11.8. The standard InChI is InChI=1S/C24H35N5O3S/c1-19-8-7-9-20(2)22(19)23(30)25-17-24(10-5-4-6-11-24)28-12-14-29(15-13-28)33(31,32)21-16-27(3)18-26-21/h7-9,16,18H,4-6,10-15,17H2,1-3H3,(H,25,30). The highest BCUT2D eigenvalue weighted by Crippen LogP contribution is 2.34. The fraction of sp³-hybridized carbons (Fsp3) is 0.583. The van der Waals surface area contributed by atoms with Gasteiger partial charge in [-0.05, 0) is 37.8 Å². The summed E-state index contributed by atoms with van der Waals surface area (Å²) in [5.74, 6) is -0.0214. The topological polar surface area (TPSA) is 87.5 Å². The minimum absolute atomic E-state index is 0.0214. The smallest absolute Gasteiger partial charge is 0.262 e.